The summed E-state index contributed by atoms with van der Waals surface area (Å²) in [6.07, 6.45) is 3.89. The van der Waals surface area contributed by atoms with Crippen molar-refractivity contribution in [1.29, 1.82) is 0 Å². The smallest absolute Gasteiger partial charge is 0.253 e. The molecule has 2 unspecified atom stereocenters. The van der Waals surface area contributed by atoms with Crippen LogP contribution in [0.5, 0.6) is 0 Å². The minimum absolute atomic E-state index is 0.0789. The zero-order chi connectivity index (χ0) is 17.2. The third kappa shape index (κ3) is 3.23. The lowest BCUT2D eigenvalue weighted by molar-refractivity contribution is 0.0926. The van der Waals surface area contributed by atoms with E-state index < -0.39 is 0 Å². The molecule has 1 aromatic carbocycles. The van der Waals surface area contributed by atoms with Gasteiger partial charge in [0, 0.05) is 30.8 Å². The van der Waals surface area contributed by atoms with Gasteiger partial charge in [-0.1, -0.05) is 11.2 Å². The number of carbonyl (C=O) groups excluding carboxylic acids is 1. The monoisotopic (exact) mass is 338 g/mol. The summed E-state index contributed by atoms with van der Waals surface area (Å²) >= 11 is 0. The molecule has 0 radical (unpaired) electrons. The Kier molecular flexibility index (Phi) is 4.15. The number of carbonyl (C=O) groups is 1. The Morgan fingerprint density at radius 1 is 1.28 bits per heavy atom. The molecule has 1 saturated heterocycles. The highest BCUT2D eigenvalue weighted by molar-refractivity contribution is 6.04. The lowest BCUT2D eigenvalue weighted by atomic mass is 9.97. The van der Waals surface area contributed by atoms with Crippen molar-refractivity contribution in [2.45, 2.75) is 19.4 Å². The van der Waals surface area contributed by atoms with Crippen molar-refractivity contribution in [2.24, 2.45) is 5.92 Å². The van der Waals surface area contributed by atoms with E-state index >= 15 is 0 Å². The number of aromatic nitrogens is 3. The summed E-state index contributed by atoms with van der Waals surface area (Å²) in [5.74, 6) is 0.793. The standard InChI is InChI=1S/C18H18N4O3/c1-11-7-13(25-22-11)8-12-9-24-10-16(12)21-18(23)14-3-2-4-15-17(14)20-6-5-19-15/h2-7,12,16H,8-10H2,1H3,(H,21,23). The molecule has 7 nitrogen and oxygen atoms in total. The molecule has 2 atom stereocenters. The van der Waals surface area contributed by atoms with E-state index in [1.165, 1.54) is 0 Å². The van der Waals surface area contributed by atoms with Crippen molar-refractivity contribution in [3.8, 4) is 0 Å². The average molecular weight is 338 g/mol. The summed E-state index contributed by atoms with van der Waals surface area (Å²) in [7, 11) is 0. The molecule has 2 aromatic heterocycles. The van der Waals surface area contributed by atoms with Gasteiger partial charge in [0.1, 0.15) is 11.3 Å². The normalized spacial score (nSPS) is 20.0. The number of nitrogens with zero attached hydrogens (tertiary/aromatic N) is 3. The summed E-state index contributed by atoms with van der Waals surface area (Å²) in [6.45, 7) is 2.96. The first-order chi connectivity index (χ1) is 12.2. The Bertz CT molecular complexity index is 903. The molecule has 0 bridgehead atoms. The quantitative estimate of drug-likeness (QED) is 0.781. The highest BCUT2D eigenvalue weighted by Gasteiger charge is 2.31. The van der Waals surface area contributed by atoms with Crippen LogP contribution in [0.15, 0.2) is 41.2 Å². The van der Waals surface area contributed by atoms with Crippen molar-refractivity contribution in [3.63, 3.8) is 0 Å². The fourth-order valence-electron chi connectivity index (χ4n) is 3.15. The van der Waals surface area contributed by atoms with Gasteiger partial charge in [-0.05, 0) is 19.1 Å². The van der Waals surface area contributed by atoms with Gasteiger partial charge in [-0.3, -0.25) is 14.8 Å². The molecule has 0 spiro atoms. The fourth-order valence-corrected chi connectivity index (χ4v) is 3.15. The van der Waals surface area contributed by atoms with Crippen molar-refractivity contribution >= 4 is 16.9 Å². The van der Waals surface area contributed by atoms with Crippen molar-refractivity contribution < 1.29 is 14.1 Å². The lowest BCUT2D eigenvalue weighted by Gasteiger charge is -2.18. The first kappa shape index (κ1) is 15.7. The number of aryl methyl sites for hydroxylation is 1. The van der Waals surface area contributed by atoms with Gasteiger partial charge in [-0.15, -0.1) is 0 Å². The van der Waals surface area contributed by atoms with Gasteiger partial charge in [0.15, 0.2) is 0 Å². The SMILES string of the molecule is Cc1cc(CC2COCC2NC(=O)c2cccc3nccnc23)on1. The molecule has 1 amide bonds. The second kappa shape index (κ2) is 6.60. The van der Waals surface area contributed by atoms with E-state index in [2.05, 4.69) is 20.4 Å². The van der Waals surface area contributed by atoms with E-state index in [0.717, 1.165) is 11.5 Å². The van der Waals surface area contributed by atoms with Crippen LogP contribution >= 0.6 is 0 Å². The van der Waals surface area contributed by atoms with E-state index in [0.29, 0.717) is 36.2 Å². The minimum atomic E-state index is -0.166. The summed E-state index contributed by atoms with van der Waals surface area (Å²) in [5.41, 5.74) is 2.67. The summed E-state index contributed by atoms with van der Waals surface area (Å²) < 4.78 is 10.9. The summed E-state index contributed by atoms with van der Waals surface area (Å²) in [4.78, 5) is 21.3. The van der Waals surface area contributed by atoms with Gasteiger partial charge in [-0.25, -0.2) is 0 Å². The van der Waals surface area contributed by atoms with Crippen molar-refractivity contribution in [2.75, 3.05) is 13.2 Å². The molecule has 3 aromatic rings. The van der Waals surface area contributed by atoms with Crippen LogP contribution in [0.25, 0.3) is 11.0 Å². The maximum absolute atomic E-state index is 12.7. The Morgan fingerprint density at radius 2 is 2.16 bits per heavy atom. The predicted octanol–water partition coefficient (Wildman–Crippen LogP) is 1.91. The summed E-state index contributed by atoms with van der Waals surface area (Å²) in [6, 6.07) is 7.25. The fraction of sp³-hybridized carbons (Fsp3) is 0.333. The molecule has 7 heteroatoms. The third-order valence-electron chi connectivity index (χ3n) is 4.40. The van der Waals surface area contributed by atoms with Crippen LogP contribution < -0.4 is 5.32 Å². The Balaban J connectivity index is 1.51. The van der Waals surface area contributed by atoms with Gasteiger partial charge in [0.2, 0.25) is 0 Å². The number of para-hydroxylation sites is 1. The zero-order valence-corrected chi connectivity index (χ0v) is 13.8. The Morgan fingerprint density at radius 3 is 3.00 bits per heavy atom. The lowest BCUT2D eigenvalue weighted by Crippen LogP contribution is -2.40. The van der Waals surface area contributed by atoms with Gasteiger partial charge in [-0.2, -0.15) is 0 Å². The molecule has 1 fully saturated rings. The minimum Gasteiger partial charge on any atom is -0.379 e. The second-order valence-electron chi connectivity index (χ2n) is 6.25. The van der Waals surface area contributed by atoms with Gasteiger partial charge in [0.05, 0.1) is 36.0 Å². The van der Waals surface area contributed by atoms with E-state index in [1.807, 2.05) is 25.1 Å². The van der Waals surface area contributed by atoms with Crippen molar-refractivity contribution in [3.05, 3.63) is 53.7 Å². The number of ether oxygens (including phenoxy) is 1. The van der Waals surface area contributed by atoms with E-state index in [-0.39, 0.29) is 17.9 Å². The summed E-state index contributed by atoms with van der Waals surface area (Å²) in [5, 5.41) is 6.98. The molecule has 1 N–H and O–H groups in total. The predicted molar refractivity (Wildman–Crippen MR) is 90.0 cm³/mol. The van der Waals surface area contributed by atoms with E-state index in [9.17, 15) is 4.79 Å². The number of benzene rings is 1. The Hall–Kier alpha value is -2.80. The molecule has 1 aliphatic heterocycles. The van der Waals surface area contributed by atoms with Crippen LogP contribution in [0.4, 0.5) is 0 Å². The van der Waals surface area contributed by atoms with Gasteiger partial charge < -0.3 is 14.6 Å². The van der Waals surface area contributed by atoms with Crippen molar-refractivity contribution in [1.82, 2.24) is 20.4 Å². The molecule has 3 heterocycles. The van der Waals surface area contributed by atoms with Crippen LogP contribution in [0, 0.1) is 12.8 Å². The molecule has 128 valence electrons. The molecule has 0 aliphatic carbocycles. The molecule has 1 aliphatic rings. The first-order valence-electron chi connectivity index (χ1n) is 8.21. The van der Waals surface area contributed by atoms with Gasteiger partial charge in [0.25, 0.3) is 5.91 Å². The topological polar surface area (TPSA) is 90.1 Å². The van der Waals surface area contributed by atoms with Crippen LogP contribution in [-0.2, 0) is 11.2 Å². The molecule has 0 saturated carbocycles. The molecular formula is C18H18N4O3. The van der Waals surface area contributed by atoms with E-state index in [1.54, 1.807) is 18.5 Å². The maximum Gasteiger partial charge on any atom is 0.253 e. The molecule has 25 heavy (non-hydrogen) atoms. The maximum atomic E-state index is 12.7. The zero-order valence-electron chi connectivity index (χ0n) is 13.8. The number of rotatable bonds is 4. The first-order valence-corrected chi connectivity index (χ1v) is 8.21. The molecule has 4 rings (SSSR count). The number of hydrogen-bond donors (Lipinski definition) is 1. The van der Waals surface area contributed by atoms with Crippen LogP contribution in [0.3, 0.4) is 0 Å². The van der Waals surface area contributed by atoms with Crippen LogP contribution in [0.1, 0.15) is 21.8 Å². The van der Waals surface area contributed by atoms with E-state index in [4.69, 9.17) is 9.26 Å². The largest absolute Gasteiger partial charge is 0.379 e. The number of fused-ring (bicyclic) bond motifs is 1. The molecular weight excluding hydrogens is 320 g/mol. The average Bonchev–Trinajstić information content (AvgIpc) is 3.23. The van der Waals surface area contributed by atoms with Gasteiger partial charge >= 0.3 is 0 Å². The number of hydrogen-bond acceptors (Lipinski definition) is 6. The second-order valence-corrected chi connectivity index (χ2v) is 6.25. The highest BCUT2D eigenvalue weighted by Crippen LogP contribution is 2.21. The third-order valence-corrected chi connectivity index (χ3v) is 4.40. The van der Waals surface area contributed by atoms with Crippen LogP contribution in [0.2, 0.25) is 0 Å². The highest BCUT2D eigenvalue weighted by atomic mass is 16.5. The Labute approximate surface area is 144 Å². The number of nitrogens with one attached hydrogen (secondary N) is 1. The number of amides is 1. The van der Waals surface area contributed by atoms with Crippen LogP contribution in [-0.4, -0.2) is 40.3 Å².